The Balaban J connectivity index is 1.77. The number of nitrogens with two attached hydrogens (primary N) is 1. The highest BCUT2D eigenvalue weighted by molar-refractivity contribution is 8.02. The van der Waals surface area contributed by atoms with Gasteiger partial charge in [-0.2, -0.15) is 0 Å². The van der Waals surface area contributed by atoms with Crippen LogP contribution in [0.2, 0.25) is 0 Å². The lowest BCUT2D eigenvalue weighted by Crippen LogP contribution is -2.63. The van der Waals surface area contributed by atoms with Crippen LogP contribution in [-0.4, -0.2) is 129 Å². The molecule has 4 rings (SSSR count). The minimum atomic E-state index is -4.01. The highest BCUT2D eigenvalue weighted by Gasteiger charge is 2.52. The topological polar surface area (TPSA) is 435 Å². The van der Waals surface area contributed by atoms with Gasteiger partial charge in [0.25, 0.3) is 5.79 Å². The van der Waals surface area contributed by atoms with Gasteiger partial charge in [0.05, 0.1) is 17.4 Å². The molecule has 1 heterocycles. The van der Waals surface area contributed by atoms with Crippen LogP contribution < -0.4 is 25.4 Å². The number of amides is 3. The van der Waals surface area contributed by atoms with Gasteiger partial charge in [0.2, 0.25) is 35.0 Å². The van der Waals surface area contributed by atoms with Crippen LogP contribution in [0.15, 0.2) is 77.2 Å². The van der Waals surface area contributed by atoms with Crippen molar-refractivity contribution in [3.05, 3.63) is 93.8 Å². The molecular formula is C38H39N3O21S. The second-order valence-corrected chi connectivity index (χ2v) is 14.4. The predicted molar refractivity (Wildman–Crippen MR) is 211 cm³/mol. The third-order valence-corrected chi connectivity index (χ3v) is 10.1. The Morgan fingerprint density at radius 2 is 1.49 bits per heavy atom. The Bertz CT molecular complexity index is 2450. The Morgan fingerprint density at radius 3 is 2.05 bits per heavy atom. The average molecular weight is 906 g/mol. The SMILES string of the molecule is CCOc1cc(C(O)(O)C(O)(O)NC(=O)CC2SC(C(/C(O)=C/O)=C(O)/C(O)=C(\C)C#Cc3c(O)c(O)c(O)c(O)c3O)N(c3cccc(C(N)=O)c3)C2=O)ccc1OC(O)(O)O. The summed E-state index contributed by atoms with van der Waals surface area (Å²) in [6.07, 6.45) is -4.77. The molecule has 0 bridgehead atoms. The van der Waals surface area contributed by atoms with Crippen molar-refractivity contribution in [2.24, 2.45) is 5.73 Å². The van der Waals surface area contributed by atoms with E-state index in [1.807, 2.05) is 0 Å². The Morgan fingerprint density at radius 1 is 0.889 bits per heavy atom. The number of rotatable bonds is 14. The molecule has 0 radical (unpaired) electrons. The van der Waals surface area contributed by atoms with Gasteiger partial charge in [0.15, 0.2) is 40.3 Å². The molecule has 0 aliphatic carbocycles. The first-order valence-corrected chi connectivity index (χ1v) is 18.4. The minimum absolute atomic E-state index is 0.0262. The molecular weight excluding hydrogens is 866 g/mol. The van der Waals surface area contributed by atoms with E-state index in [0.29, 0.717) is 17.8 Å². The number of nitrogens with zero attached hydrogens (tertiary/aromatic N) is 1. The molecule has 3 aromatic carbocycles. The summed E-state index contributed by atoms with van der Waals surface area (Å²) in [4.78, 5) is 40.3. The van der Waals surface area contributed by atoms with Gasteiger partial charge in [-0.25, -0.2) is 0 Å². The number of ether oxygens (including phenoxy) is 2. The maximum absolute atomic E-state index is 14.1. The number of hydrogen-bond acceptors (Lipinski definition) is 22. The third kappa shape index (κ3) is 10.1. The normalized spacial score (nSPS) is 16.7. The molecule has 1 saturated heterocycles. The van der Waals surface area contributed by atoms with E-state index in [-0.39, 0.29) is 24.1 Å². The Hall–Kier alpha value is -7.28. The number of carbonyl (C=O) groups excluding carboxylic acids is 3. The summed E-state index contributed by atoms with van der Waals surface area (Å²) in [5.74, 6) is -18.2. The van der Waals surface area contributed by atoms with Crippen LogP contribution in [0.5, 0.6) is 40.2 Å². The van der Waals surface area contributed by atoms with Crippen LogP contribution in [0.25, 0.3) is 0 Å². The van der Waals surface area contributed by atoms with Gasteiger partial charge < -0.3 is 102 Å². The summed E-state index contributed by atoms with van der Waals surface area (Å²) in [5, 5.41) is 162. The lowest BCUT2D eigenvalue weighted by atomic mass is 10.0. The van der Waals surface area contributed by atoms with Gasteiger partial charge in [0.1, 0.15) is 17.2 Å². The molecule has 25 heteroatoms. The fraction of sp³-hybridized carbons (Fsp3) is 0.237. The van der Waals surface area contributed by atoms with Crippen molar-refractivity contribution >= 4 is 35.2 Å². The number of aliphatic hydroxyl groups excluding tert-OH is 4. The minimum Gasteiger partial charge on any atom is -0.512 e. The Labute approximate surface area is 357 Å². The number of aliphatic hydroxyl groups is 11. The number of phenolic OH excluding ortho intramolecular Hbond substituents is 5. The van der Waals surface area contributed by atoms with Crippen LogP contribution >= 0.6 is 11.8 Å². The zero-order valence-corrected chi connectivity index (χ0v) is 33.1. The zero-order chi connectivity index (χ0) is 47.5. The third-order valence-electron chi connectivity index (χ3n) is 8.74. The van der Waals surface area contributed by atoms with Crippen molar-refractivity contribution in [1.82, 2.24) is 5.32 Å². The molecule has 1 aliphatic heterocycles. The second-order valence-electron chi connectivity index (χ2n) is 13.1. The molecule has 2 atom stereocenters. The van der Waals surface area contributed by atoms with Crippen molar-refractivity contribution < 1.29 is 106 Å². The first-order valence-electron chi connectivity index (χ1n) is 17.5. The quantitative estimate of drug-likeness (QED) is 0.0232. The van der Waals surface area contributed by atoms with Gasteiger partial charge in [-0.05, 0) is 50.2 Å². The molecule has 0 aromatic heterocycles. The van der Waals surface area contributed by atoms with Crippen molar-refractivity contribution in [3.63, 3.8) is 0 Å². The van der Waals surface area contributed by atoms with E-state index in [1.54, 1.807) is 0 Å². The van der Waals surface area contributed by atoms with Crippen LogP contribution in [0.3, 0.4) is 0 Å². The van der Waals surface area contributed by atoms with Crippen LogP contribution in [0, 0.1) is 11.8 Å². The summed E-state index contributed by atoms with van der Waals surface area (Å²) in [6, 6.07) is 7.02. The largest absolute Gasteiger partial charge is 0.512 e. The molecule has 2 unspecified atom stereocenters. The van der Waals surface area contributed by atoms with E-state index in [9.17, 15) is 96.1 Å². The van der Waals surface area contributed by atoms with Crippen molar-refractivity contribution in [1.29, 1.82) is 0 Å². The molecule has 0 spiro atoms. The standard InChI is InChI=1S/C38H39N3O21S/c1-3-61-22-12-17(8-10-21(22)62-38(58,59)60)36(54,55)37(56,57)40-24(44)13-23-34(53)41(18-6-4-5-16(11-18)33(39)52)35(63-23)25(20(43)14-42)29(48)26(45)15(2)7-9-19-27(46)30(49)32(51)31(50)28(19)47/h4-6,8,10-12,14,23,35,42-43,45-51,54-60H,3,13H2,1-2H3,(H2,39,52)(H,40,44)/b20-14-,26-15-,29-25-. The lowest BCUT2D eigenvalue weighted by Gasteiger charge is -2.35. The Kier molecular flexibility index (Phi) is 14.1. The molecule has 3 amide bonds. The number of benzene rings is 3. The smallest absolute Gasteiger partial charge is 0.453 e. The number of aromatic hydroxyl groups is 5. The van der Waals surface area contributed by atoms with Gasteiger partial charge in [-0.15, -0.1) is 11.8 Å². The fourth-order valence-electron chi connectivity index (χ4n) is 5.64. The first-order chi connectivity index (χ1) is 29.2. The van der Waals surface area contributed by atoms with E-state index >= 15 is 0 Å². The summed E-state index contributed by atoms with van der Waals surface area (Å²) in [6.45, 7) is 2.31. The lowest BCUT2D eigenvalue weighted by molar-refractivity contribution is -0.419. The van der Waals surface area contributed by atoms with Crippen molar-refractivity contribution in [2.45, 2.75) is 48.7 Å². The van der Waals surface area contributed by atoms with E-state index in [2.05, 4.69) is 16.6 Å². The zero-order valence-electron chi connectivity index (χ0n) is 32.3. The molecule has 24 nitrogen and oxygen atoms in total. The summed E-state index contributed by atoms with van der Waals surface area (Å²) < 4.78 is 9.69. The number of primary amides is 1. The van der Waals surface area contributed by atoms with Crippen LogP contribution in [0.1, 0.15) is 41.8 Å². The van der Waals surface area contributed by atoms with Gasteiger partial charge in [0, 0.05) is 28.8 Å². The molecule has 19 N–H and O–H groups in total. The van der Waals surface area contributed by atoms with E-state index in [4.69, 9.17) is 10.5 Å². The monoisotopic (exact) mass is 905 g/mol. The molecule has 0 saturated carbocycles. The first kappa shape index (κ1) is 48.4. The van der Waals surface area contributed by atoms with E-state index in [1.165, 1.54) is 30.4 Å². The number of thioether (sulfide) groups is 1. The van der Waals surface area contributed by atoms with Gasteiger partial charge in [-0.3, -0.25) is 19.3 Å². The number of carbonyl (C=O) groups is 3. The number of phenols is 5. The van der Waals surface area contributed by atoms with Crippen molar-refractivity contribution in [3.8, 4) is 52.1 Å². The fourth-order valence-corrected chi connectivity index (χ4v) is 7.14. The summed E-state index contributed by atoms with van der Waals surface area (Å²) >= 11 is 0.410. The maximum atomic E-state index is 14.1. The number of allylic oxidation sites excluding steroid dienone is 1. The van der Waals surface area contributed by atoms with E-state index in [0.717, 1.165) is 30.0 Å². The average Bonchev–Trinajstić information content (AvgIpc) is 3.52. The van der Waals surface area contributed by atoms with E-state index < -0.39 is 132 Å². The number of hydrogen-bond donors (Lipinski definition) is 18. The predicted octanol–water partition coefficient (Wildman–Crippen LogP) is -0.911. The number of anilines is 1. The maximum Gasteiger partial charge on any atom is 0.453 e. The highest BCUT2D eigenvalue weighted by atomic mass is 32.2. The molecule has 338 valence electrons. The molecule has 1 aliphatic rings. The van der Waals surface area contributed by atoms with Crippen LogP contribution in [-0.2, 0) is 15.4 Å². The number of nitrogens with one attached hydrogen (secondary N) is 1. The molecule has 1 fully saturated rings. The highest BCUT2D eigenvalue weighted by Crippen LogP contribution is 2.50. The second kappa shape index (κ2) is 18.4. The summed E-state index contributed by atoms with van der Waals surface area (Å²) in [5.41, 5.74) is 1.90. The molecule has 63 heavy (non-hydrogen) atoms. The van der Waals surface area contributed by atoms with Gasteiger partial charge in [-0.1, -0.05) is 17.9 Å². The molecule has 3 aromatic rings. The van der Waals surface area contributed by atoms with Gasteiger partial charge >= 0.3 is 12.1 Å². The van der Waals surface area contributed by atoms with Crippen LogP contribution in [0.4, 0.5) is 5.69 Å². The summed E-state index contributed by atoms with van der Waals surface area (Å²) in [7, 11) is 0. The van der Waals surface area contributed by atoms with Crippen molar-refractivity contribution in [2.75, 3.05) is 11.5 Å².